The Labute approximate surface area is 186 Å². The van der Waals surface area contributed by atoms with Gasteiger partial charge >= 0.3 is 0 Å². The molecule has 5 rings (SSSR count). The minimum absolute atomic E-state index is 0.0183. The Morgan fingerprint density at radius 1 is 1.29 bits per heavy atom. The van der Waals surface area contributed by atoms with E-state index < -0.39 is 5.82 Å². The molecule has 3 heterocycles. The molecule has 1 aromatic heterocycles. The Hall–Kier alpha value is -2.68. The monoisotopic (exact) mass is 459 g/mol. The van der Waals surface area contributed by atoms with Crippen LogP contribution in [0.15, 0.2) is 46.8 Å². The van der Waals surface area contributed by atoms with Gasteiger partial charge in [0.25, 0.3) is 5.91 Å². The van der Waals surface area contributed by atoms with E-state index in [1.54, 1.807) is 6.07 Å². The summed E-state index contributed by atoms with van der Waals surface area (Å²) in [5.41, 5.74) is 2.99. The minimum Gasteiger partial charge on any atom is -0.482 e. The summed E-state index contributed by atoms with van der Waals surface area (Å²) in [6, 6.07) is 10.2. The molecular formula is C22H19ClFN3O3S. The third kappa shape index (κ3) is 4.23. The molecule has 1 atom stereocenters. The first kappa shape index (κ1) is 20.2. The number of carbonyl (C=O) groups excluding carboxylic acids is 1. The van der Waals surface area contributed by atoms with Gasteiger partial charge in [0.05, 0.1) is 34.7 Å². The van der Waals surface area contributed by atoms with Crippen LogP contribution in [0.2, 0.25) is 5.02 Å². The standard InChI is InChI=1S/C22H19ClFN3O3S/c23-16-5-4-14(9-17(16)24)25-22-27(10-15-2-1-7-29-15)19(12-31-22)13-3-6-20-18(8-13)26-21(28)11-30-20/h3-6,8-9,12,15H,1-2,7,10-11H2,(H,26,28). The van der Waals surface area contributed by atoms with Crippen molar-refractivity contribution < 1.29 is 18.7 Å². The molecule has 2 aromatic carbocycles. The lowest BCUT2D eigenvalue weighted by atomic mass is 10.1. The van der Waals surface area contributed by atoms with E-state index >= 15 is 0 Å². The zero-order chi connectivity index (χ0) is 21.4. The number of rotatable bonds is 4. The number of nitrogens with zero attached hydrogens (tertiary/aromatic N) is 2. The van der Waals surface area contributed by atoms with Crippen LogP contribution in [0.25, 0.3) is 11.3 Å². The highest BCUT2D eigenvalue weighted by Crippen LogP contribution is 2.33. The molecule has 3 aromatic rings. The zero-order valence-corrected chi connectivity index (χ0v) is 18.0. The molecule has 1 unspecified atom stereocenters. The summed E-state index contributed by atoms with van der Waals surface area (Å²) in [4.78, 5) is 17.1. The number of benzene rings is 2. The number of thiazole rings is 1. The largest absolute Gasteiger partial charge is 0.482 e. The van der Waals surface area contributed by atoms with Crippen molar-refractivity contribution in [3.63, 3.8) is 0 Å². The van der Waals surface area contributed by atoms with Crippen LogP contribution in [0, 0.1) is 5.82 Å². The van der Waals surface area contributed by atoms with Crippen molar-refractivity contribution in [1.82, 2.24) is 4.57 Å². The lowest BCUT2D eigenvalue weighted by Crippen LogP contribution is -2.25. The summed E-state index contributed by atoms with van der Waals surface area (Å²) < 4.78 is 27.3. The van der Waals surface area contributed by atoms with E-state index in [1.165, 1.54) is 23.5 Å². The van der Waals surface area contributed by atoms with Crippen LogP contribution in [0.4, 0.5) is 15.8 Å². The lowest BCUT2D eigenvalue weighted by molar-refractivity contribution is -0.118. The molecular weight excluding hydrogens is 441 g/mol. The van der Waals surface area contributed by atoms with Gasteiger partial charge in [0.2, 0.25) is 0 Å². The number of anilines is 1. The molecule has 6 nitrogen and oxygen atoms in total. The van der Waals surface area contributed by atoms with E-state index in [2.05, 4.69) is 14.9 Å². The molecule has 9 heteroatoms. The average molecular weight is 460 g/mol. The van der Waals surface area contributed by atoms with Crippen LogP contribution < -0.4 is 14.9 Å². The first-order valence-corrected chi connectivity index (χ1v) is 11.2. The zero-order valence-electron chi connectivity index (χ0n) is 16.4. The van der Waals surface area contributed by atoms with E-state index in [1.807, 2.05) is 23.6 Å². The molecule has 0 aliphatic carbocycles. The number of hydrogen-bond donors (Lipinski definition) is 1. The fraction of sp³-hybridized carbons (Fsp3) is 0.273. The molecule has 0 saturated carbocycles. The van der Waals surface area contributed by atoms with Gasteiger partial charge in [-0.2, -0.15) is 0 Å². The van der Waals surface area contributed by atoms with Gasteiger partial charge in [-0.05, 0) is 43.2 Å². The Bertz CT molecular complexity index is 1220. The van der Waals surface area contributed by atoms with E-state index in [-0.39, 0.29) is 23.6 Å². The number of nitrogens with one attached hydrogen (secondary N) is 1. The lowest BCUT2D eigenvalue weighted by Gasteiger charge is -2.19. The van der Waals surface area contributed by atoms with E-state index in [4.69, 9.17) is 21.1 Å². The van der Waals surface area contributed by atoms with Crippen molar-refractivity contribution in [3.05, 3.63) is 57.4 Å². The first-order chi connectivity index (χ1) is 15.1. The summed E-state index contributed by atoms with van der Waals surface area (Å²) in [6.45, 7) is 1.40. The fourth-order valence-corrected chi connectivity index (χ4v) is 4.78. The van der Waals surface area contributed by atoms with Gasteiger partial charge in [-0.3, -0.25) is 4.79 Å². The molecule has 0 spiro atoms. The van der Waals surface area contributed by atoms with Crippen LogP contribution in [-0.2, 0) is 16.1 Å². The number of halogens is 2. The Morgan fingerprint density at radius 3 is 3.00 bits per heavy atom. The predicted octanol–water partition coefficient (Wildman–Crippen LogP) is 4.75. The minimum atomic E-state index is -0.504. The maximum atomic E-state index is 13.9. The van der Waals surface area contributed by atoms with Crippen molar-refractivity contribution >= 4 is 40.2 Å². The number of ether oxygens (including phenoxy) is 2. The third-order valence-electron chi connectivity index (χ3n) is 5.24. The second-order valence-electron chi connectivity index (χ2n) is 7.41. The molecule has 1 amide bonds. The molecule has 1 saturated heterocycles. The van der Waals surface area contributed by atoms with Crippen LogP contribution >= 0.6 is 22.9 Å². The maximum absolute atomic E-state index is 13.9. The number of hydrogen-bond acceptors (Lipinski definition) is 5. The summed E-state index contributed by atoms with van der Waals surface area (Å²) in [7, 11) is 0. The summed E-state index contributed by atoms with van der Waals surface area (Å²) in [6.07, 6.45) is 2.10. The number of amides is 1. The van der Waals surface area contributed by atoms with Crippen LogP contribution in [0.1, 0.15) is 12.8 Å². The first-order valence-electron chi connectivity index (χ1n) is 9.93. The molecule has 160 valence electrons. The van der Waals surface area contributed by atoms with E-state index in [9.17, 15) is 9.18 Å². The highest BCUT2D eigenvalue weighted by Gasteiger charge is 2.21. The summed E-state index contributed by atoms with van der Waals surface area (Å²) in [5.74, 6) is -0.0377. The fourth-order valence-electron chi connectivity index (χ4n) is 3.73. The van der Waals surface area contributed by atoms with Crippen LogP contribution in [-0.4, -0.2) is 29.8 Å². The quantitative estimate of drug-likeness (QED) is 0.612. The topological polar surface area (TPSA) is 64.8 Å². The Balaban J connectivity index is 1.59. The number of fused-ring (bicyclic) bond motifs is 1. The van der Waals surface area contributed by atoms with Gasteiger partial charge in [-0.15, -0.1) is 11.3 Å². The van der Waals surface area contributed by atoms with Gasteiger partial charge in [-0.25, -0.2) is 9.38 Å². The van der Waals surface area contributed by atoms with Crippen molar-refractivity contribution in [3.8, 4) is 17.0 Å². The summed E-state index contributed by atoms with van der Waals surface area (Å²) >= 11 is 7.27. The molecule has 2 aliphatic heterocycles. The van der Waals surface area contributed by atoms with Crippen molar-refractivity contribution in [2.24, 2.45) is 4.99 Å². The van der Waals surface area contributed by atoms with Crippen molar-refractivity contribution in [1.29, 1.82) is 0 Å². The molecule has 1 N–H and O–H groups in total. The Kier molecular flexibility index (Phi) is 5.52. The highest BCUT2D eigenvalue weighted by atomic mass is 35.5. The molecule has 0 radical (unpaired) electrons. The second-order valence-corrected chi connectivity index (χ2v) is 8.65. The van der Waals surface area contributed by atoms with Gasteiger partial charge in [0.1, 0.15) is 11.6 Å². The van der Waals surface area contributed by atoms with Crippen LogP contribution in [0.3, 0.4) is 0 Å². The highest BCUT2D eigenvalue weighted by molar-refractivity contribution is 7.07. The Morgan fingerprint density at radius 2 is 2.19 bits per heavy atom. The van der Waals surface area contributed by atoms with Crippen LogP contribution in [0.5, 0.6) is 5.75 Å². The van der Waals surface area contributed by atoms with Gasteiger partial charge in [-0.1, -0.05) is 11.6 Å². The number of aromatic nitrogens is 1. The van der Waals surface area contributed by atoms with E-state index in [0.29, 0.717) is 23.7 Å². The SMILES string of the molecule is O=C1COc2ccc(-c3csc(=Nc4ccc(Cl)c(F)c4)n3CC3CCCO3)cc2N1. The molecule has 1 fully saturated rings. The van der Waals surface area contributed by atoms with Crippen molar-refractivity contribution in [2.75, 3.05) is 18.5 Å². The molecule has 0 bridgehead atoms. The smallest absolute Gasteiger partial charge is 0.262 e. The van der Waals surface area contributed by atoms with Gasteiger partial charge < -0.3 is 19.4 Å². The second kappa shape index (κ2) is 8.45. The number of carbonyl (C=O) groups is 1. The normalized spacial score (nSPS) is 18.6. The van der Waals surface area contributed by atoms with E-state index in [0.717, 1.165) is 35.5 Å². The van der Waals surface area contributed by atoms with Gasteiger partial charge in [0, 0.05) is 23.6 Å². The average Bonchev–Trinajstić information content (AvgIpc) is 3.41. The maximum Gasteiger partial charge on any atom is 0.262 e. The molecule has 2 aliphatic rings. The van der Waals surface area contributed by atoms with Crippen molar-refractivity contribution in [2.45, 2.75) is 25.5 Å². The van der Waals surface area contributed by atoms with Gasteiger partial charge in [0.15, 0.2) is 11.4 Å². The third-order valence-corrected chi connectivity index (χ3v) is 6.41. The predicted molar refractivity (Wildman–Crippen MR) is 117 cm³/mol. The molecule has 31 heavy (non-hydrogen) atoms. The summed E-state index contributed by atoms with van der Waals surface area (Å²) in [5, 5.41) is 4.92.